The molecule has 2 aromatic carbocycles. The van der Waals surface area contributed by atoms with E-state index in [0.717, 1.165) is 11.6 Å². The molecular formula is C14H10Cl2FNO. The molecule has 0 unspecified atom stereocenters. The molecule has 0 saturated heterocycles. The van der Waals surface area contributed by atoms with Crippen molar-refractivity contribution in [3.8, 4) is 0 Å². The van der Waals surface area contributed by atoms with Gasteiger partial charge in [-0.1, -0.05) is 35.3 Å². The lowest BCUT2D eigenvalue weighted by atomic mass is 10.2. The van der Waals surface area contributed by atoms with Crippen molar-refractivity contribution in [1.29, 1.82) is 0 Å². The minimum atomic E-state index is -0.680. The van der Waals surface area contributed by atoms with Gasteiger partial charge in [0.1, 0.15) is 5.82 Å². The van der Waals surface area contributed by atoms with Crippen LogP contribution in [-0.2, 0) is 0 Å². The number of anilines is 1. The van der Waals surface area contributed by atoms with Gasteiger partial charge in [0.05, 0.1) is 15.6 Å². The largest absolute Gasteiger partial charge is 0.322 e. The van der Waals surface area contributed by atoms with Gasteiger partial charge >= 0.3 is 0 Å². The van der Waals surface area contributed by atoms with Crippen LogP contribution in [0.5, 0.6) is 0 Å². The van der Waals surface area contributed by atoms with Crippen molar-refractivity contribution in [3.05, 3.63) is 63.4 Å². The minimum Gasteiger partial charge on any atom is -0.322 e. The number of hydrogen-bond donors (Lipinski definition) is 1. The van der Waals surface area contributed by atoms with Crippen LogP contribution in [0, 0.1) is 12.7 Å². The van der Waals surface area contributed by atoms with E-state index < -0.39 is 11.7 Å². The zero-order valence-electron chi connectivity index (χ0n) is 10.0. The molecule has 0 aromatic heterocycles. The molecule has 98 valence electrons. The van der Waals surface area contributed by atoms with Crippen molar-refractivity contribution in [2.45, 2.75) is 6.92 Å². The van der Waals surface area contributed by atoms with E-state index in [1.165, 1.54) is 6.07 Å². The lowest BCUT2D eigenvalue weighted by Gasteiger charge is -2.08. The quantitative estimate of drug-likeness (QED) is 0.800. The molecule has 0 spiro atoms. The number of halogens is 3. The molecule has 19 heavy (non-hydrogen) atoms. The van der Waals surface area contributed by atoms with Gasteiger partial charge in [0.15, 0.2) is 0 Å². The second kappa shape index (κ2) is 5.59. The van der Waals surface area contributed by atoms with Gasteiger partial charge < -0.3 is 5.32 Å². The lowest BCUT2D eigenvalue weighted by Crippen LogP contribution is -2.13. The molecule has 2 rings (SSSR count). The minimum absolute atomic E-state index is 0.0464. The number of rotatable bonds is 2. The normalized spacial score (nSPS) is 10.3. The van der Waals surface area contributed by atoms with E-state index in [1.807, 2.05) is 19.1 Å². The van der Waals surface area contributed by atoms with Crippen molar-refractivity contribution < 1.29 is 9.18 Å². The first-order valence-corrected chi connectivity index (χ1v) is 6.25. The Morgan fingerprint density at radius 3 is 2.58 bits per heavy atom. The van der Waals surface area contributed by atoms with Gasteiger partial charge in [-0.3, -0.25) is 4.79 Å². The fourth-order valence-electron chi connectivity index (χ4n) is 1.62. The van der Waals surface area contributed by atoms with Crippen molar-refractivity contribution >= 4 is 34.8 Å². The Hall–Kier alpha value is -1.58. The van der Waals surface area contributed by atoms with Crippen LogP contribution in [0.15, 0.2) is 36.4 Å². The van der Waals surface area contributed by atoms with E-state index in [-0.39, 0.29) is 15.6 Å². The average molecular weight is 298 g/mol. The summed E-state index contributed by atoms with van der Waals surface area (Å²) in [6.45, 7) is 1.91. The van der Waals surface area contributed by atoms with E-state index in [1.54, 1.807) is 12.1 Å². The first-order valence-electron chi connectivity index (χ1n) is 5.50. The van der Waals surface area contributed by atoms with Crippen LogP contribution in [0.3, 0.4) is 0 Å². The molecule has 0 atom stereocenters. The first-order chi connectivity index (χ1) is 8.97. The number of benzene rings is 2. The molecule has 2 nitrogen and oxygen atoms in total. The molecule has 1 N–H and O–H groups in total. The molecule has 0 aliphatic heterocycles. The monoisotopic (exact) mass is 297 g/mol. The van der Waals surface area contributed by atoms with E-state index in [4.69, 9.17) is 23.2 Å². The van der Waals surface area contributed by atoms with Gasteiger partial charge in [0.25, 0.3) is 5.91 Å². The molecule has 0 aliphatic rings. The first kappa shape index (κ1) is 13.8. The van der Waals surface area contributed by atoms with Gasteiger partial charge in [-0.15, -0.1) is 0 Å². The zero-order chi connectivity index (χ0) is 14.0. The van der Waals surface area contributed by atoms with Gasteiger partial charge in [0.2, 0.25) is 0 Å². The van der Waals surface area contributed by atoms with Gasteiger partial charge in [0, 0.05) is 5.69 Å². The Bertz CT molecular complexity index is 643. The van der Waals surface area contributed by atoms with Gasteiger partial charge in [-0.05, 0) is 36.8 Å². The van der Waals surface area contributed by atoms with Crippen LogP contribution >= 0.6 is 23.2 Å². The second-order valence-corrected chi connectivity index (χ2v) is 4.88. The Morgan fingerprint density at radius 2 is 1.89 bits per heavy atom. The topological polar surface area (TPSA) is 29.1 Å². The lowest BCUT2D eigenvalue weighted by molar-refractivity contribution is 0.102. The van der Waals surface area contributed by atoms with Crippen LogP contribution in [0.2, 0.25) is 10.0 Å². The number of nitrogens with one attached hydrogen (secondary N) is 1. The molecule has 0 aliphatic carbocycles. The Kier molecular flexibility index (Phi) is 4.08. The third-order valence-corrected chi connectivity index (χ3v) is 3.13. The van der Waals surface area contributed by atoms with E-state index in [2.05, 4.69) is 5.32 Å². The maximum Gasteiger partial charge on any atom is 0.257 e. The standard InChI is InChI=1S/C14H10Cl2FNO/c1-8-3-2-4-9(5-8)18-14(19)10-6-13(17)12(16)7-11(10)15/h2-7H,1H3,(H,18,19). The number of aryl methyl sites for hydroxylation is 1. The number of hydrogen-bond acceptors (Lipinski definition) is 1. The Morgan fingerprint density at radius 1 is 1.16 bits per heavy atom. The van der Waals surface area contributed by atoms with Crippen LogP contribution in [0.1, 0.15) is 15.9 Å². The predicted molar refractivity (Wildman–Crippen MR) is 75.6 cm³/mol. The highest BCUT2D eigenvalue weighted by Crippen LogP contribution is 2.25. The summed E-state index contributed by atoms with van der Waals surface area (Å²) in [6.07, 6.45) is 0. The Balaban J connectivity index is 2.28. The summed E-state index contributed by atoms with van der Waals surface area (Å²) >= 11 is 11.5. The Labute approximate surface area is 120 Å². The highest BCUT2D eigenvalue weighted by atomic mass is 35.5. The van der Waals surface area contributed by atoms with Crippen LogP contribution < -0.4 is 5.32 Å². The van der Waals surface area contributed by atoms with Crippen molar-refractivity contribution in [2.24, 2.45) is 0 Å². The fraction of sp³-hybridized carbons (Fsp3) is 0.0714. The van der Waals surface area contributed by atoms with Crippen LogP contribution in [0.25, 0.3) is 0 Å². The second-order valence-electron chi connectivity index (χ2n) is 4.07. The SMILES string of the molecule is Cc1cccc(NC(=O)c2cc(F)c(Cl)cc2Cl)c1. The molecule has 5 heteroatoms. The summed E-state index contributed by atoms with van der Waals surface area (Å²) in [5.41, 5.74) is 1.67. The third-order valence-electron chi connectivity index (χ3n) is 2.53. The number of amides is 1. The molecule has 1 amide bonds. The average Bonchev–Trinajstić information content (AvgIpc) is 2.33. The maximum absolute atomic E-state index is 13.4. The van der Waals surface area contributed by atoms with Crippen molar-refractivity contribution in [2.75, 3.05) is 5.32 Å². The molecule has 2 aromatic rings. The fourth-order valence-corrected chi connectivity index (χ4v) is 2.09. The smallest absolute Gasteiger partial charge is 0.257 e. The highest BCUT2D eigenvalue weighted by molar-refractivity contribution is 6.37. The van der Waals surface area contributed by atoms with Gasteiger partial charge in [-0.2, -0.15) is 0 Å². The summed E-state index contributed by atoms with van der Waals surface area (Å²) in [4.78, 5) is 12.0. The van der Waals surface area contributed by atoms with Crippen molar-refractivity contribution in [1.82, 2.24) is 0 Å². The molecular weight excluding hydrogens is 288 g/mol. The molecule has 0 heterocycles. The molecule has 0 fully saturated rings. The molecule has 0 bridgehead atoms. The van der Waals surface area contributed by atoms with E-state index in [0.29, 0.717) is 5.69 Å². The van der Waals surface area contributed by atoms with Gasteiger partial charge in [-0.25, -0.2) is 4.39 Å². The van der Waals surface area contributed by atoms with E-state index >= 15 is 0 Å². The van der Waals surface area contributed by atoms with Crippen molar-refractivity contribution in [3.63, 3.8) is 0 Å². The number of carbonyl (C=O) groups excluding carboxylic acids is 1. The number of carbonyl (C=O) groups is 1. The molecule has 0 saturated carbocycles. The zero-order valence-corrected chi connectivity index (χ0v) is 11.5. The highest BCUT2D eigenvalue weighted by Gasteiger charge is 2.14. The summed E-state index contributed by atoms with van der Waals surface area (Å²) in [6, 6.07) is 9.50. The summed E-state index contributed by atoms with van der Waals surface area (Å²) in [7, 11) is 0. The summed E-state index contributed by atoms with van der Waals surface area (Å²) in [5.74, 6) is -1.16. The predicted octanol–water partition coefficient (Wildman–Crippen LogP) is 4.69. The van der Waals surface area contributed by atoms with Crippen LogP contribution in [0.4, 0.5) is 10.1 Å². The summed E-state index contributed by atoms with van der Waals surface area (Å²) < 4.78 is 13.4. The van der Waals surface area contributed by atoms with E-state index in [9.17, 15) is 9.18 Å². The van der Waals surface area contributed by atoms with Crippen LogP contribution in [-0.4, -0.2) is 5.91 Å². The molecule has 0 radical (unpaired) electrons. The maximum atomic E-state index is 13.4. The third kappa shape index (κ3) is 3.25. The summed E-state index contributed by atoms with van der Waals surface area (Å²) in [5, 5.41) is 2.65.